The maximum atomic E-state index is 12.1. The number of amides is 1. The van der Waals surface area contributed by atoms with Gasteiger partial charge < -0.3 is 16.5 Å². The number of halogens is 2. The van der Waals surface area contributed by atoms with Crippen LogP contribution in [0.15, 0.2) is 36.4 Å². The van der Waals surface area contributed by atoms with Gasteiger partial charge in [-0.05, 0) is 36.4 Å². The number of nitrogens with two attached hydrogens (primary N) is 1. The predicted molar refractivity (Wildman–Crippen MR) is 83.2 cm³/mol. The minimum absolute atomic E-state index is 0.327. The van der Waals surface area contributed by atoms with Gasteiger partial charge in [-0.3, -0.25) is 4.79 Å². The Morgan fingerprint density at radius 2 is 1.80 bits per heavy atom. The molecular weight excluding hydrogens is 297 g/mol. The molecule has 0 radical (unpaired) electrons. The summed E-state index contributed by atoms with van der Waals surface area (Å²) in [6.07, 6.45) is 1.10. The highest BCUT2D eigenvalue weighted by Crippen LogP contribution is 2.23. The minimum atomic E-state index is -0.327. The molecule has 4 N–H and O–H groups in total. The summed E-state index contributed by atoms with van der Waals surface area (Å²) < 4.78 is 0. The van der Waals surface area contributed by atoms with Crippen molar-refractivity contribution in [3.8, 4) is 0 Å². The van der Waals surface area contributed by atoms with Crippen molar-refractivity contribution in [1.29, 1.82) is 5.41 Å². The third-order valence-electron chi connectivity index (χ3n) is 2.62. The number of nitrogens with one attached hydrogen (secondary N) is 2. The Labute approximate surface area is 126 Å². The third kappa shape index (κ3) is 3.29. The van der Waals surface area contributed by atoms with E-state index in [4.69, 9.17) is 34.3 Å². The summed E-state index contributed by atoms with van der Waals surface area (Å²) in [4.78, 5) is 12.1. The lowest BCUT2D eigenvalue weighted by Crippen LogP contribution is -2.12. The smallest absolute Gasteiger partial charge is 0.255 e. The Kier molecular flexibility index (Phi) is 4.27. The first kappa shape index (κ1) is 14.4. The van der Waals surface area contributed by atoms with Crippen LogP contribution in [0.25, 0.3) is 0 Å². The highest BCUT2D eigenvalue weighted by Gasteiger charge is 2.09. The molecular formula is C14H11Cl2N3O. The summed E-state index contributed by atoms with van der Waals surface area (Å²) >= 11 is 11.7. The van der Waals surface area contributed by atoms with Crippen LogP contribution in [0.1, 0.15) is 15.9 Å². The van der Waals surface area contributed by atoms with Gasteiger partial charge in [-0.2, -0.15) is 0 Å². The van der Waals surface area contributed by atoms with Crippen molar-refractivity contribution in [3.05, 3.63) is 57.6 Å². The van der Waals surface area contributed by atoms with Gasteiger partial charge in [-0.15, -0.1) is 0 Å². The van der Waals surface area contributed by atoms with E-state index in [0.717, 1.165) is 6.21 Å². The molecule has 0 bridgehead atoms. The van der Waals surface area contributed by atoms with Crippen LogP contribution in [0.4, 0.5) is 11.4 Å². The van der Waals surface area contributed by atoms with Gasteiger partial charge >= 0.3 is 0 Å². The molecule has 2 rings (SSSR count). The summed E-state index contributed by atoms with van der Waals surface area (Å²) in [6, 6.07) is 9.49. The number of carbonyl (C=O) groups excluding carboxylic acids is 1. The SMILES string of the molecule is N=Cc1cc(C(=O)Nc2cc(Cl)cc(Cl)c2)ccc1N. The Balaban J connectivity index is 2.25. The highest BCUT2D eigenvalue weighted by atomic mass is 35.5. The fraction of sp³-hybridized carbons (Fsp3) is 0. The van der Waals surface area contributed by atoms with Crippen LogP contribution in [0, 0.1) is 5.41 Å². The van der Waals surface area contributed by atoms with Crippen molar-refractivity contribution < 1.29 is 4.79 Å². The standard InChI is InChI=1S/C14H11Cl2N3O/c15-10-4-11(16)6-12(5-10)19-14(20)8-1-2-13(18)9(3-8)7-17/h1-7,17H,18H2,(H,19,20). The molecule has 0 aliphatic carbocycles. The van der Waals surface area contributed by atoms with E-state index in [1.165, 1.54) is 0 Å². The summed E-state index contributed by atoms with van der Waals surface area (Å²) in [5.41, 5.74) is 7.51. The van der Waals surface area contributed by atoms with Gasteiger partial charge in [0.15, 0.2) is 0 Å². The number of benzene rings is 2. The minimum Gasteiger partial charge on any atom is -0.398 e. The topological polar surface area (TPSA) is 79.0 Å². The number of nitrogen functional groups attached to an aromatic ring is 1. The van der Waals surface area contributed by atoms with Gasteiger partial charge in [0.25, 0.3) is 5.91 Å². The largest absolute Gasteiger partial charge is 0.398 e. The second-order valence-electron chi connectivity index (χ2n) is 4.10. The number of hydrogen-bond acceptors (Lipinski definition) is 3. The maximum Gasteiger partial charge on any atom is 0.255 e. The van der Waals surface area contributed by atoms with Crippen LogP contribution in [-0.2, 0) is 0 Å². The van der Waals surface area contributed by atoms with Gasteiger partial charge in [0.2, 0.25) is 0 Å². The number of hydrogen-bond donors (Lipinski definition) is 3. The van der Waals surface area contributed by atoms with Gasteiger partial charge in [-0.25, -0.2) is 0 Å². The average molecular weight is 308 g/mol. The van der Waals surface area contributed by atoms with E-state index in [1.54, 1.807) is 36.4 Å². The van der Waals surface area contributed by atoms with Gasteiger partial charge in [-0.1, -0.05) is 23.2 Å². The molecule has 0 atom stereocenters. The molecule has 0 saturated carbocycles. The summed E-state index contributed by atoms with van der Waals surface area (Å²) in [5.74, 6) is -0.327. The molecule has 0 fully saturated rings. The first-order chi connectivity index (χ1) is 9.49. The molecule has 0 aliphatic rings. The quantitative estimate of drug-likeness (QED) is 0.595. The van der Waals surface area contributed by atoms with Crippen LogP contribution in [0.5, 0.6) is 0 Å². The van der Waals surface area contributed by atoms with Gasteiger partial charge in [0.1, 0.15) is 0 Å². The Hall–Kier alpha value is -2.04. The van der Waals surface area contributed by atoms with Gasteiger partial charge in [0, 0.05) is 38.8 Å². The summed E-state index contributed by atoms with van der Waals surface area (Å²) in [5, 5.41) is 10.8. The Bertz CT molecular complexity index is 666. The molecule has 0 spiro atoms. The van der Waals surface area contributed by atoms with E-state index in [-0.39, 0.29) is 5.91 Å². The fourth-order valence-electron chi connectivity index (χ4n) is 1.67. The van der Waals surface area contributed by atoms with Crippen molar-refractivity contribution >= 4 is 46.7 Å². The first-order valence-electron chi connectivity index (χ1n) is 5.67. The van der Waals surface area contributed by atoms with Crippen molar-refractivity contribution in [1.82, 2.24) is 0 Å². The summed E-state index contributed by atoms with van der Waals surface area (Å²) in [7, 11) is 0. The van der Waals surface area contributed by atoms with E-state index >= 15 is 0 Å². The van der Waals surface area contributed by atoms with Crippen LogP contribution < -0.4 is 11.1 Å². The van der Waals surface area contributed by atoms with Crippen LogP contribution >= 0.6 is 23.2 Å². The second-order valence-corrected chi connectivity index (χ2v) is 4.97. The zero-order valence-corrected chi connectivity index (χ0v) is 11.8. The van der Waals surface area contributed by atoms with Gasteiger partial charge in [0.05, 0.1) is 0 Å². The van der Waals surface area contributed by atoms with E-state index in [9.17, 15) is 4.79 Å². The van der Waals surface area contributed by atoms with Crippen molar-refractivity contribution in [2.45, 2.75) is 0 Å². The molecule has 20 heavy (non-hydrogen) atoms. The van der Waals surface area contributed by atoms with Crippen molar-refractivity contribution in [3.63, 3.8) is 0 Å². The molecule has 2 aromatic rings. The molecule has 0 heterocycles. The molecule has 1 amide bonds. The molecule has 0 aliphatic heterocycles. The molecule has 2 aromatic carbocycles. The molecule has 0 unspecified atom stereocenters. The normalized spacial score (nSPS) is 10.1. The lowest BCUT2D eigenvalue weighted by Gasteiger charge is -2.08. The number of anilines is 2. The molecule has 0 aromatic heterocycles. The third-order valence-corrected chi connectivity index (χ3v) is 3.06. The second kappa shape index (κ2) is 5.94. The highest BCUT2D eigenvalue weighted by molar-refractivity contribution is 6.35. The van der Waals surface area contributed by atoms with E-state index in [2.05, 4.69) is 5.32 Å². The average Bonchev–Trinajstić information content (AvgIpc) is 2.37. The van der Waals surface area contributed by atoms with Crippen LogP contribution in [0.3, 0.4) is 0 Å². The molecule has 4 nitrogen and oxygen atoms in total. The monoisotopic (exact) mass is 307 g/mol. The van der Waals surface area contributed by atoms with E-state index < -0.39 is 0 Å². The molecule has 6 heteroatoms. The zero-order valence-electron chi connectivity index (χ0n) is 10.3. The molecule has 102 valence electrons. The lowest BCUT2D eigenvalue weighted by molar-refractivity contribution is 0.102. The Morgan fingerprint density at radius 3 is 2.40 bits per heavy atom. The van der Waals surface area contributed by atoms with E-state index in [1.807, 2.05) is 0 Å². The van der Waals surface area contributed by atoms with E-state index in [0.29, 0.717) is 32.5 Å². The maximum absolute atomic E-state index is 12.1. The Morgan fingerprint density at radius 1 is 1.15 bits per heavy atom. The fourth-order valence-corrected chi connectivity index (χ4v) is 2.20. The molecule has 0 saturated heterocycles. The lowest BCUT2D eigenvalue weighted by atomic mass is 10.1. The first-order valence-corrected chi connectivity index (χ1v) is 6.42. The number of rotatable bonds is 3. The van der Waals surface area contributed by atoms with Crippen molar-refractivity contribution in [2.75, 3.05) is 11.1 Å². The number of carbonyl (C=O) groups is 1. The van der Waals surface area contributed by atoms with Crippen LogP contribution in [0.2, 0.25) is 10.0 Å². The van der Waals surface area contributed by atoms with Crippen LogP contribution in [-0.4, -0.2) is 12.1 Å². The zero-order chi connectivity index (χ0) is 14.7. The summed E-state index contributed by atoms with van der Waals surface area (Å²) in [6.45, 7) is 0. The predicted octanol–water partition coefficient (Wildman–Crippen LogP) is 3.83. The van der Waals surface area contributed by atoms with Crippen molar-refractivity contribution in [2.24, 2.45) is 0 Å².